The van der Waals surface area contributed by atoms with Crippen LogP contribution in [-0.2, 0) is 9.63 Å². The topological polar surface area (TPSA) is 89.7 Å². The molecule has 0 spiro atoms. The van der Waals surface area contributed by atoms with Crippen LogP contribution in [0.15, 0.2) is 0 Å². The van der Waals surface area contributed by atoms with Gasteiger partial charge in [0.2, 0.25) is 0 Å². The van der Waals surface area contributed by atoms with Crippen molar-refractivity contribution in [1.82, 2.24) is 0 Å². The Balaban J connectivity index is 0. The van der Waals surface area contributed by atoms with Crippen LogP contribution >= 0.6 is 0 Å². The summed E-state index contributed by atoms with van der Waals surface area (Å²) in [5.74, 6) is -0.776. The van der Waals surface area contributed by atoms with Gasteiger partial charge in [-0.3, -0.25) is 4.79 Å². The number of unbranched alkanes of at least 4 members (excludes halogenated alkanes) is 4. The second-order valence-electron chi connectivity index (χ2n) is 2.97. The Morgan fingerprint density at radius 3 is 2.27 bits per heavy atom. The van der Waals surface area contributed by atoms with Gasteiger partial charge in [-0.15, -0.1) is 10.1 Å². The van der Waals surface area contributed by atoms with Crippen molar-refractivity contribution in [3.05, 3.63) is 10.1 Å². The highest BCUT2D eigenvalue weighted by Crippen LogP contribution is 2.05. The molecule has 0 bridgehead atoms. The van der Waals surface area contributed by atoms with Gasteiger partial charge in [0.25, 0.3) is 5.09 Å². The first kappa shape index (κ1) is 16.1. The molecule has 0 aliphatic carbocycles. The average molecular weight is 221 g/mol. The van der Waals surface area contributed by atoms with Gasteiger partial charge in [0.05, 0.1) is 6.61 Å². The first-order chi connectivity index (χ1) is 6.63. The number of carboxylic acid groups (broad SMARTS) is 1. The van der Waals surface area contributed by atoms with E-state index in [9.17, 15) is 14.9 Å². The highest BCUT2D eigenvalue weighted by Gasteiger charge is 1.97. The molecule has 0 radical (unpaired) electrons. The maximum atomic E-state index is 10.1. The van der Waals surface area contributed by atoms with Gasteiger partial charge in [0.1, 0.15) is 0 Å². The van der Waals surface area contributed by atoms with Crippen LogP contribution in [0.25, 0.3) is 0 Å². The Kier molecular flexibility index (Phi) is 11.5. The molecule has 6 nitrogen and oxygen atoms in total. The third kappa shape index (κ3) is 15.4. The van der Waals surface area contributed by atoms with E-state index in [-0.39, 0.29) is 20.5 Å². The molecule has 0 aromatic heterocycles. The molecule has 0 unspecified atom stereocenters. The zero-order valence-corrected chi connectivity index (χ0v) is 7.98. The van der Waals surface area contributed by atoms with E-state index >= 15 is 0 Å². The van der Waals surface area contributed by atoms with Gasteiger partial charge in [-0.25, -0.2) is 0 Å². The predicted molar refractivity (Wildman–Crippen MR) is 55.0 cm³/mol. The number of aliphatic carboxylic acids is 1. The van der Waals surface area contributed by atoms with Crippen LogP contribution in [0.5, 0.6) is 0 Å². The zero-order chi connectivity index (χ0) is 10.8. The van der Waals surface area contributed by atoms with Gasteiger partial charge in [-0.1, -0.05) is 26.7 Å². The van der Waals surface area contributed by atoms with E-state index in [4.69, 9.17) is 5.11 Å². The van der Waals surface area contributed by atoms with Crippen molar-refractivity contribution in [3.63, 3.8) is 0 Å². The number of carboxylic acids is 1. The molecule has 0 aromatic rings. The summed E-state index contributed by atoms with van der Waals surface area (Å²) >= 11 is 0. The van der Waals surface area contributed by atoms with Crippen molar-refractivity contribution in [2.45, 2.75) is 46.0 Å². The highest BCUT2D eigenvalue weighted by molar-refractivity contribution is 5.66. The van der Waals surface area contributed by atoms with Crippen LogP contribution in [-0.4, -0.2) is 22.8 Å². The summed E-state index contributed by atoms with van der Waals surface area (Å²) in [4.78, 5) is 24.0. The van der Waals surface area contributed by atoms with Gasteiger partial charge >= 0.3 is 5.97 Å². The molecule has 90 valence electrons. The number of hydrogen-bond acceptors (Lipinski definition) is 4. The minimum atomic E-state index is -0.801. The lowest BCUT2D eigenvalue weighted by molar-refractivity contribution is -0.757. The summed E-state index contributed by atoms with van der Waals surface area (Å²) in [6.45, 7) is 0.131. The van der Waals surface area contributed by atoms with Crippen molar-refractivity contribution in [3.8, 4) is 0 Å². The van der Waals surface area contributed by atoms with E-state index in [0.29, 0.717) is 12.8 Å². The second kappa shape index (κ2) is 10.7. The normalized spacial score (nSPS) is 9.07. The Morgan fingerprint density at radius 1 is 1.20 bits per heavy atom. The van der Waals surface area contributed by atoms with E-state index in [1.54, 1.807) is 0 Å². The summed E-state index contributed by atoms with van der Waals surface area (Å²) in [6, 6.07) is 0. The van der Waals surface area contributed by atoms with Crippen molar-refractivity contribution in [2.24, 2.45) is 0 Å². The lowest BCUT2D eigenvalue weighted by Gasteiger charge is -1.99. The molecule has 6 heteroatoms. The SMILES string of the molecule is C.O=C(O)CCCCCCCO[N+](=O)[O-]. The van der Waals surface area contributed by atoms with E-state index in [2.05, 4.69) is 4.84 Å². The van der Waals surface area contributed by atoms with Crippen LogP contribution in [0.1, 0.15) is 46.0 Å². The van der Waals surface area contributed by atoms with Crippen LogP contribution in [0.4, 0.5) is 0 Å². The standard InChI is InChI=1S/C8H15NO5.CH4/c10-8(11)6-4-2-1-3-5-7-14-9(12)13;/h1-7H2,(H,10,11);1H4. The molecule has 0 atom stereocenters. The van der Waals surface area contributed by atoms with Gasteiger partial charge in [0.15, 0.2) is 0 Å². The predicted octanol–water partition coefficient (Wildman–Crippen LogP) is 2.26. The Morgan fingerprint density at radius 2 is 1.73 bits per heavy atom. The van der Waals surface area contributed by atoms with Gasteiger partial charge < -0.3 is 9.94 Å². The molecule has 0 aliphatic rings. The lowest BCUT2D eigenvalue weighted by Crippen LogP contribution is -2.01. The summed E-state index contributed by atoms with van der Waals surface area (Å²) in [5.41, 5.74) is 0. The minimum absolute atomic E-state index is 0. The third-order valence-corrected chi connectivity index (χ3v) is 1.73. The molecule has 0 saturated carbocycles. The Labute approximate surface area is 89.3 Å². The maximum Gasteiger partial charge on any atom is 0.303 e. The molecule has 0 fully saturated rings. The van der Waals surface area contributed by atoms with Gasteiger partial charge in [-0.2, -0.15) is 0 Å². The second-order valence-corrected chi connectivity index (χ2v) is 2.97. The van der Waals surface area contributed by atoms with Crippen LogP contribution in [0.3, 0.4) is 0 Å². The molecule has 0 aromatic carbocycles. The van der Waals surface area contributed by atoms with Crippen molar-refractivity contribution in [1.29, 1.82) is 0 Å². The Bertz CT molecular complexity index is 163. The van der Waals surface area contributed by atoms with E-state index in [0.717, 1.165) is 19.3 Å². The fraction of sp³-hybridized carbons (Fsp3) is 0.889. The van der Waals surface area contributed by atoms with E-state index in [1.165, 1.54) is 0 Å². The largest absolute Gasteiger partial charge is 0.481 e. The third-order valence-electron chi connectivity index (χ3n) is 1.73. The Hall–Kier alpha value is -1.33. The number of rotatable bonds is 9. The van der Waals surface area contributed by atoms with Crippen molar-refractivity contribution >= 4 is 5.97 Å². The molecule has 15 heavy (non-hydrogen) atoms. The molecule has 0 heterocycles. The summed E-state index contributed by atoms with van der Waals surface area (Å²) < 4.78 is 0. The first-order valence-electron chi connectivity index (χ1n) is 4.62. The summed E-state index contributed by atoms with van der Waals surface area (Å²) in [6.07, 6.45) is 4.11. The fourth-order valence-electron chi connectivity index (χ4n) is 1.05. The van der Waals surface area contributed by atoms with Crippen LogP contribution in [0, 0.1) is 10.1 Å². The molecule has 1 N–H and O–H groups in total. The molecule has 0 rings (SSSR count). The number of hydrogen-bond donors (Lipinski definition) is 1. The summed E-state index contributed by atoms with van der Waals surface area (Å²) in [7, 11) is 0. The molecule has 0 aliphatic heterocycles. The maximum absolute atomic E-state index is 10.1. The van der Waals surface area contributed by atoms with Crippen LogP contribution < -0.4 is 0 Å². The minimum Gasteiger partial charge on any atom is -0.481 e. The van der Waals surface area contributed by atoms with E-state index < -0.39 is 11.1 Å². The number of nitrogens with zero attached hydrogens (tertiary/aromatic N) is 1. The fourth-order valence-corrected chi connectivity index (χ4v) is 1.05. The van der Waals surface area contributed by atoms with Crippen LogP contribution in [0.2, 0.25) is 0 Å². The summed E-state index contributed by atoms with van der Waals surface area (Å²) in [5, 5.41) is 17.2. The average Bonchev–Trinajstić information content (AvgIpc) is 2.08. The monoisotopic (exact) mass is 221 g/mol. The highest BCUT2D eigenvalue weighted by atomic mass is 16.9. The first-order valence-corrected chi connectivity index (χ1v) is 4.62. The molecular weight excluding hydrogens is 202 g/mol. The lowest BCUT2D eigenvalue weighted by atomic mass is 10.1. The van der Waals surface area contributed by atoms with Crippen molar-refractivity contribution < 1.29 is 19.8 Å². The van der Waals surface area contributed by atoms with Gasteiger partial charge in [0, 0.05) is 6.42 Å². The van der Waals surface area contributed by atoms with E-state index in [1.807, 2.05) is 0 Å². The number of carbonyl (C=O) groups is 1. The molecular formula is C9H19NO5. The molecule has 0 amide bonds. The van der Waals surface area contributed by atoms with Crippen molar-refractivity contribution in [2.75, 3.05) is 6.61 Å². The zero-order valence-electron chi connectivity index (χ0n) is 7.98. The van der Waals surface area contributed by atoms with Gasteiger partial charge in [-0.05, 0) is 12.8 Å². The molecule has 0 saturated heterocycles. The smallest absolute Gasteiger partial charge is 0.303 e. The quantitative estimate of drug-likeness (QED) is 0.366.